The van der Waals surface area contributed by atoms with Crippen molar-refractivity contribution in [2.75, 3.05) is 23.0 Å². The Morgan fingerprint density at radius 1 is 1.03 bits per heavy atom. The summed E-state index contributed by atoms with van der Waals surface area (Å²) < 4.78 is 5.09. The molecular weight excluding hydrogens is 452 g/mol. The second-order valence-corrected chi connectivity index (χ2v) is 9.43. The van der Waals surface area contributed by atoms with Crippen LogP contribution in [0.25, 0.3) is 0 Å². The molecule has 0 unspecified atom stereocenters. The minimum absolute atomic E-state index is 0.0238. The maximum absolute atomic E-state index is 14.1. The number of nitrogens with zero attached hydrogens (tertiary/aromatic N) is 2. The summed E-state index contributed by atoms with van der Waals surface area (Å²) in [6.45, 7) is 2.16. The predicted octanol–water partition coefficient (Wildman–Crippen LogP) is 5.60. The number of carbonyl (C=O) groups is 3. The number of fused-ring (bicyclic) bond motifs is 2. The first kappa shape index (κ1) is 20.9. The van der Waals surface area contributed by atoms with E-state index in [1.54, 1.807) is 23.1 Å². The van der Waals surface area contributed by atoms with Gasteiger partial charge in [-0.15, -0.1) is 0 Å². The van der Waals surface area contributed by atoms with Crippen LogP contribution in [0.1, 0.15) is 40.7 Å². The van der Waals surface area contributed by atoms with Crippen molar-refractivity contribution in [3.8, 4) is 0 Å². The number of carbonyl (C=O) groups excluding carboxylic acids is 3. The number of cyclic esters (lactones) is 1. The normalized spacial score (nSPS) is 22.8. The van der Waals surface area contributed by atoms with Gasteiger partial charge in [0, 0.05) is 22.2 Å². The summed E-state index contributed by atoms with van der Waals surface area (Å²) in [5.41, 5.74) is 3.76. The van der Waals surface area contributed by atoms with Gasteiger partial charge in [-0.2, -0.15) is 0 Å². The third kappa shape index (κ3) is 2.98. The number of amides is 2. The highest BCUT2D eigenvalue weighted by Crippen LogP contribution is 2.67. The van der Waals surface area contributed by atoms with Crippen LogP contribution in [0, 0.1) is 0 Å². The summed E-state index contributed by atoms with van der Waals surface area (Å²) >= 11 is 6.08. The number of Topliss-reactive ketones (excluding diaryl/α,β-unsaturated/α-hetero) is 1. The Hall–Kier alpha value is -3.64. The van der Waals surface area contributed by atoms with Gasteiger partial charge in [-0.1, -0.05) is 41.9 Å². The van der Waals surface area contributed by atoms with Crippen LogP contribution in [0.2, 0.25) is 5.02 Å². The number of rotatable bonds is 4. The third-order valence-electron chi connectivity index (χ3n) is 7.08. The fraction of sp³-hybridized carbons (Fsp3) is 0.222. The highest BCUT2D eigenvalue weighted by Gasteiger charge is 2.67. The van der Waals surface area contributed by atoms with Crippen molar-refractivity contribution in [1.82, 2.24) is 0 Å². The lowest BCUT2D eigenvalue weighted by Gasteiger charge is -2.22. The lowest BCUT2D eigenvalue weighted by molar-refractivity contribution is -0.119. The molecule has 170 valence electrons. The molecule has 1 saturated carbocycles. The molecule has 2 atom stereocenters. The Morgan fingerprint density at radius 2 is 1.76 bits per heavy atom. The molecule has 3 aromatic rings. The van der Waals surface area contributed by atoms with E-state index in [4.69, 9.17) is 16.3 Å². The first-order valence-corrected chi connectivity index (χ1v) is 11.6. The average Bonchev–Trinajstić information content (AvgIpc) is 3.36. The maximum atomic E-state index is 14.1. The van der Waals surface area contributed by atoms with Gasteiger partial charge >= 0.3 is 6.09 Å². The molecule has 0 radical (unpaired) electrons. The van der Waals surface area contributed by atoms with Crippen molar-refractivity contribution in [2.24, 2.45) is 0 Å². The standard InChI is InChI=1S/C27H21ClN2O4/c1-16(31)18-12-20(29-10-11-34-26(29)33)14-21(13-18)30-24-5-3-2-4-22(24)27(25(30)32)15-23(27)17-6-8-19(28)9-7-17/h2-9,12-14,23H,10-11,15H2,1H3/t23-,27+/m0/s1. The Morgan fingerprint density at radius 3 is 2.47 bits per heavy atom. The van der Waals surface area contributed by atoms with E-state index >= 15 is 0 Å². The van der Waals surface area contributed by atoms with Gasteiger partial charge < -0.3 is 4.74 Å². The van der Waals surface area contributed by atoms with Crippen molar-refractivity contribution in [2.45, 2.75) is 24.7 Å². The van der Waals surface area contributed by atoms with Gasteiger partial charge in [0.1, 0.15) is 6.61 Å². The second kappa shape index (κ2) is 7.43. The number of hydrogen-bond donors (Lipinski definition) is 0. The van der Waals surface area contributed by atoms with Gasteiger partial charge in [-0.25, -0.2) is 4.79 Å². The molecule has 2 heterocycles. The number of halogens is 1. The van der Waals surface area contributed by atoms with Crippen LogP contribution < -0.4 is 9.80 Å². The predicted molar refractivity (Wildman–Crippen MR) is 129 cm³/mol. The summed E-state index contributed by atoms with van der Waals surface area (Å²) in [6.07, 6.45) is 0.250. The zero-order chi connectivity index (χ0) is 23.6. The molecule has 0 bridgehead atoms. The van der Waals surface area contributed by atoms with E-state index in [0.29, 0.717) is 34.9 Å². The number of ketones is 1. The molecule has 7 heteroatoms. The summed E-state index contributed by atoms with van der Waals surface area (Å²) in [4.78, 5) is 41.8. The summed E-state index contributed by atoms with van der Waals surface area (Å²) in [7, 11) is 0. The lowest BCUT2D eigenvalue weighted by atomic mass is 9.92. The third-order valence-corrected chi connectivity index (χ3v) is 7.34. The van der Waals surface area contributed by atoms with Gasteiger partial charge in [-0.05, 0) is 60.9 Å². The van der Waals surface area contributed by atoms with Crippen molar-refractivity contribution in [1.29, 1.82) is 0 Å². The topological polar surface area (TPSA) is 66.9 Å². The number of hydrogen-bond acceptors (Lipinski definition) is 4. The maximum Gasteiger partial charge on any atom is 0.414 e. The Kier molecular flexibility index (Phi) is 4.58. The summed E-state index contributed by atoms with van der Waals surface area (Å²) in [5, 5.41) is 0.659. The zero-order valence-corrected chi connectivity index (χ0v) is 19.2. The van der Waals surface area contributed by atoms with Gasteiger partial charge in [0.25, 0.3) is 0 Å². The molecule has 3 aromatic carbocycles. The number of benzene rings is 3. The highest BCUT2D eigenvalue weighted by atomic mass is 35.5. The van der Waals surface area contributed by atoms with Crippen molar-refractivity contribution < 1.29 is 19.1 Å². The molecule has 1 spiro atoms. The van der Waals surface area contributed by atoms with E-state index in [0.717, 1.165) is 16.8 Å². The van der Waals surface area contributed by atoms with E-state index < -0.39 is 11.5 Å². The minimum Gasteiger partial charge on any atom is -0.447 e. The van der Waals surface area contributed by atoms with Crippen LogP contribution in [-0.2, 0) is 14.9 Å². The number of para-hydroxylation sites is 1. The zero-order valence-electron chi connectivity index (χ0n) is 18.5. The molecule has 6 rings (SSSR count). The lowest BCUT2D eigenvalue weighted by Crippen LogP contribution is -2.30. The van der Waals surface area contributed by atoms with Gasteiger partial charge in [0.2, 0.25) is 5.91 Å². The van der Waals surface area contributed by atoms with Gasteiger partial charge in [0.15, 0.2) is 5.78 Å². The van der Waals surface area contributed by atoms with Crippen molar-refractivity contribution in [3.63, 3.8) is 0 Å². The first-order chi connectivity index (χ1) is 16.4. The van der Waals surface area contributed by atoms with Crippen LogP contribution in [0.5, 0.6) is 0 Å². The van der Waals surface area contributed by atoms with Crippen LogP contribution in [-0.4, -0.2) is 30.9 Å². The van der Waals surface area contributed by atoms with Crippen LogP contribution >= 0.6 is 11.6 Å². The molecular formula is C27H21ClN2O4. The average molecular weight is 473 g/mol. The molecule has 1 saturated heterocycles. The smallest absolute Gasteiger partial charge is 0.414 e. The quantitative estimate of drug-likeness (QED) is 0.463. The van der Waals surface area contributed by atoms with Crippen LogP contribution in [0.3, 0.4) is 0 Å². The molecule has 6 nitrogen and oxygen atoms in total. The number of anilines is 3. The van der Waals surface area contributed by atoms with Crippen molar-refractivity contribution in [3.05, 3.63) is 88.4 Å². The number of ether oxygens (including phenoxy) is 1. The second-order valence-electron chi connectivity index (χ2n) is 9.00. The first-order valence-electron chi connectivity index (χ1n) is 11.2. The van der Waals surface area contributed by atoms with Crippen LogP contribution in [0.15, 0.2) is 66.7 Å². The minimum atomic E-state index is -0.649. The molecule has 2 amide bonds. The molecule has 0 aromatic heterocycles. The molecule has 2 aliphatic heterocycles. The molecule has 1 aliphatic carbocycles. The summed E-state index contributed by atoms with van der Waals surface area (Å²) in [6, 6.07) is 20.6. The molecule has 2 fully saturated rings. The van der Waals surface area contributed by atoms with E-state index in [1.165, 1.54) is 11.8 Å². The largest absolute Gasteiger partial charge is 0.447 e. The Bertz CT molecular complexity index is 1370. The van der Waals surface area contributed by atoms with Gasteiger partial charge in [0.05, 0.1) is 23.3 Å². The van der Waals surface area contributed by atoms with Crippen LogP contribution in [0.4, 0.5) is 21.9 Å². The highest BCUT2D eigenvalue weighted by molar-refractivity contribution is 6.30. The van der Waals surface area contributed by atoms with E-state index in [-0.39, 0.29) is 24.2 Å². The Balaban J connectivity index is 1.47. The van der Waals surface area contributed by atoms with E-state index in [9.17, 15) is 14.4 Å². The molecule has 3 aliphatic rings. The van der Waals surface area contributed by atoms with E-state index in [1.807, 2.05) is 48.5 Å². The fourth-order valence-electron chi connectivity index (χ4n) is 5.33. The van der Waals surface area contributed by atoms with Gasteiger partial charge in [-0.3, -0.25) is 19.4 Å². The van der Waals surface area contributed by atoms with Crippen molar-refractivity contribution >= 4 is 46.4 Å². The Labute approximate surface area is 201 Å². The monoisotopic (exact) mass is 472 g/mol. The molecule has 0 N–H and O–H groups in total. The SMILES string of the molecule is CC(=O)c1cc(N2CCOC2=O)cc(N2C(=O)[C@]3(C[C@H]3c3ccc(Cl)cc3)c3ccccc32)c1. The fourth-order valence-corrected chi connectivity index (χ4v) is 5.46. The van der Waals surface area contributed by atoms with E-state index in [2.05, 4.69) is 0 Å². The summed E-state index contributed by atoms with van der Waals surface area (Å²) in [5.74, 6) is -0.118. The molecule has 34 heavy (non-hydrogen) atoms.